The van der Waals surface area contributed by atoms with Gasteiger partial charge in [0.05, 0.1) is 19.9 Å². The van der Waals surface area contributed by atoms with Crippen LogP contribution in [0.25, 0.3) is 0 Å². The summed E-state index contributed by atoms with van der Waals surface area (Å²) in [6, 6.07) is 0. The summed E-state index contributed by atoms with van der Waals surface area (Å²) < 4.78 is 6.77. The lowest BCUT2D eigenvalue weighted by molar-refractivity contribution is -0.465. The molecule has 19 heavy (non-hydrogen) atoms. The van der Waals surface area contributed by atoms with Crippen molar-refractivity contribution >= 4 is 18.1 Å². The maximum absolute atomic E-state index is 12.5. The topological polar surface area (TPSA) is 49.6 Å². The van der Waals surface area contributed by atoms with Gasteiger partial charge in [-0.05, 0) is 26.8 Å². The monoisotopic (exact) mass is 263 g/mol. The molecule has 0 aromatic heterocycles. The molecule has 5 heteroatoms. The predicted molar refractivity (Wildman–Crippen MR) is 70.5 cm³/mol. The van der Waals surface area contributed by atoms with Crippen molar-refractivity contribution < 1.29 is 18.9 Å². The van der Waals surface area contributed by atoms with E-state index in [0.717, 1.165) is 5.82 Å². The summed E-state index contributed by atoms with van der Waals surface area (Å²) in [7, 11) is 1.83. The molecule has 0 aliphatic carbocycles. The first kappa shape index (κ1) is 13.5. The minimum Gasteiger partial charge on any atom is -0.465 e. The zero-order valence-corrected chi connectivity index (χ0v) is 11.7. The first-order valence-corrected chi connectivity index (χ1v) is 6.36. The number of ether oxygens (including phenoxy) is 1. The molecule has 0 saturated carbocycles. The van der Waals surface area contributed by atoms with Crippen LogP contribution in [-0.2, 0) is 14.3 Å². The van der Waals surface area contributed by atoms with Gasteiger partial charge < -0.3 is 4.74 Å². The molecule has 102 valence electrons. The summed E-state index contributed by atoms with van der Waals surface area (Å²) in [6.07, 6.45) is 7.34. The maximum Gasteiger partial charge on any atom is 0.332 e. The van der Waals surface area contributed by atoms with Crippen molar-refractivity contribution in [3.63, 3.8) is 0 Å². The highest BCUT2D eigenvalue weighted by atomic mass is 16.5. The van der Waals surface area contributed by atoms with Gasteiger partial charge in [-0.15, -0.1) is 0 Å². The number of amides is 1. The Morgan fingerprint density at radius 1 is 1.53 bits per heavy atom. The van der Waals surface area contributed by atoms with E-state index in [2.05, 4.69) is 0 Å². The van der Waals surface area contributed by atoms with Gasteiger partial charge >= 0.3 is 11.9 Å². The average Bonchev–Trinajstić information content (AvgIpc) is 2.32. The zero-order chi connectivity index (χ0) is 14.2. The summed E-state index contributed by atoms with van der Waals surface area (Å²) >= 11 is 0. The lowest BCUT2D eigenvalue weighted by atomic mass is 9.94. The van der Waals surface area contributed by atoms with Gasteiger partial charge in [-0.3, -0.25) is 4.79 Å². The molecular weight excluding hydrogens is 244 g/mol. The van der Waals surface area contributed by atoms with Crippen molar-refractivity contribution in [2.45, 2.75) is 26.3 Å². The number of rotatable bonds is 2. The third-order valence-electron chi connectivity index (χ3n) is 3.32. The molecule has 2 aliphatic rings. The number of hydrogen-bond donors (Lipinski definition) is 0. The van der Waals surface area contributed by atoms with Gasteiger partial charge in [0.25, 0.3) is 5.82 Å². The highest BCUT2D eigenvalue weighted by Gasteiger charge is 2.50. The fraction of sp³-hybridized carbons (Fsp3) is 0.500. The molecule has 2 rings (SSSR count). The Morgan fingerprint density at radius 3 is 2.84 bits per heavy atom. The number of nitrogens with zero attached hydrogens (tertiary/aromatic N) is 2. The van der Waals surface area contributed by atoms with Crippen LogP contribution in [0.5, 0.6) is 0 Å². The van der Waals surface area contributed by atoms with E-state index >= 15 is 0 Å². The lowest BCUT2D eigenvalue weighted by Gasteiger charge is -2.36. The van der Waals surface area contributed by atoms with Crippen LogP contribution in [0, 0.1) is 5.92 Å². The molecule has 1 amide bonds. The van der Waals surface area contributed by atoms with E-state index < -0.39 is 17.4 Å². The van der Waals surface area contributed by atoms with Crippen molar-refractivity contribution in [2.75, 3.05) is 13.7 Å². The summed E-state index contributed by atoms with van der Waals surface area (Å²) in [5.41, 5.74) is -0.450. The number of hydrogen-bond acceptors (Lipinski definition) is 3. The SMILES string of the molecule is CCOC(=O)C1C=[N+](C)C2=CC=CC(C)(C)N2C1=O. The summed E-state index contributed by atoms with van der Waals surface area (Å²) in [5, 5.41) is 0. The van der Waals surface area contributed by atoms with Gasteiger partial charge in [0, 0.05) is 6.08 Å². The Balaban J connectivity index is 2.43. The fourth-order valence-corrected chi connectivity index (χ4v) is 2.38. The molecular formula is C14H19N2O3+. The van der Waals surface area contributed by atoms with Crippen LogP contribution in [0.4, 0.5) is 0 Å². The van der Waals surface area contributed by atoms with Crippen molar-refractivity contribution in [1.82, 2.24) is 4.90 Å². The van der Waals surface area contributed by atoms with Crippen molar-refractivity contribution in [2.24, 2.45) is 5.92 Å². The van der Waals surface area contributed by atoms with Crippen LogP contribution in [-0.4, -0.2) is 46.8 Å². The van der Waals surface area contributed by atoms with Gasteiger partial charge in [0.15, 0.2) is 0 Å². The third kappa shape index (κ3) is 2.20. The number of carbonyl (C=O) groups excluding carboxylic acids is 2. The standard InChI is InChI=1S/C14H19N2O3/c1-5-19-13(18)10-9-15(4)11-7-6-8-14(2,3)16(11)12(10)17/h6-10H,5H2,1-4H3/q+1. The van der Waals surface area contributed by atoms with E-state index in [0.29, 0.717) is 0 Å². The minimum absolute atomic E-state index is 0.239. The molecule has 0 bridgehead atoms. The molecule has 0 radical (unpaired) electrons. The Labute approximate surface area is 112 Å². The van der Waals surface area contributed by atoms with E-state index in [-0.39, 0.29) is 12.5 Å². The smallest absolute Gasteiger partial charge is 0.332 e. The second-order valence-corrected chi connectivity index (χ2v) is 5.20. The van der Waals surface area contributed by atoms with Crippen molar-refractivity contribution in [1.29, 1.82) is 0 Å². The molecule has 0 N–H and O–H groups in total. The summed E-state index contributed by atoms with van der Waals surface area (Å²) in [6.45, 7) is 5.88. The molecule has 1 unspecified atom stereocenters. The average molecular weight is 263 g/mol. The Morgan fingerprint density at radius 2 is 2.21 bits per heavy atom. The lowest BCUT2D eigenvalue weighted by Crippen LogP contribution is -2.56. The Hall–Kier alpha value is -1.91. The first-order chi connectivity index (χ1) is 8.88. The van der Waals surface area contributed by atoms with E-state index in [4.69, 9.17) is 4.74 Å². The predicted octanol–water partition coefficient (Wildman–Crippen LogP) is 0.911. The van der Waals surface area contributed by atoms with Crippen molar-refractivity contribution in [3.05, 3.63) is 24.0 Å². The van der Waals surface area contributed by atoms with Crippen LogP contribution in [0.15, 0.2) is 24.0 Å². The molecule has 1 atom stereocenters. The van der Waals surface area contributed by atoms with Crippen molar-refractivity contribution in [3.8, 4) is 0 Å². The van der Waals surface area contributed by atoms with Gasteiger partial charge in [0.2, 0.25) is 5.92 Å². The van der Waals surface area contributed by atoms with Crippen LogP contribution in [0.1, 0.15) is 20.8 Å². The number of carbonyl (C=O) groups is 2. The highest BCUT2D eigenvalue weighted by Crippen LogP contribution is 2.30. The molecule has 0 aromatic carbocycles. The van der Waals surface area contributed by atoms with Crippen LogP contribution < -0.4 is 0 Å². The van der Waals surface area contributed by atoms with Crippen LogP contribution >= 0.6 is 0 Å². The zero-order valence-electron chi connectivity index (χ0n) is 11.7. The Bertz CT molecular complexity index is 515. The molecule has 0 aromatic rings. The molecule has 0 fully saturated rings. The summed E-state index contributed by atoms with van der Waals surface area (Å²) in [5.74, 6) is -0.827. The minimum atomic E-state index is -0.868. The van der Waals surface area contributed by atoms with E-state index in [1.165, 1.54) is 0 Å². The number of esters is 1. The molecule has 0 spiro atoms. The summed E-state index contributed by atoms with van der Waals surface area (Å²) in [4.78, 5) is 26.1. The van der Waals surface area contributed by atoms with Gasteiger partial charge in [-0.2, -0.15) is 4.90 Å². The highest BCUT2D eigenvalue weighted by molar-refractivity contribution is 6.11. The van der Waals surface area contributed by atoms with Gasteiger partial charge in [0.1, 0.15) is 5.54 Å². The van der Waals surface area contributed by atoms with Gasteiger partial charge in [-0.25, -0.2) is 9.37 Å². The Kier molecular flexibility index (Phi) is 3.30. The van der Waals surface area contributed by atoms with E-state index in [1.54, 1.807) is 22.6 Å². The molecule has 0 saturated heterocycles. The number of fused-ring (bicyclic) bond motifs is 1. The second-order valence-electron chi connectivity index (χ2n) is 5.20. The molecule has 5 nitrogen and oxygen atoms in total. The quantitative estimate of drug-likeness (QED) is 0.423. The van der Waals surface area contributed by atoms with Crippen LogP contribution in [0.2, 0.25) is 0 Å². The van der Waals surface area contributed by atoms with Gasteiger partial charge in [-0.1, -0.05) is 6.08 Å². The maximum atomic E-state index is 12.5. The third-order valence-corrected chi connectivity index (χ3v) is 3.32. The first-order valence-electron chi connectivity index (χ1n) is 6.36. The normalized spacial score (nSPS) is 24.5. The van der Waals surface area contributed by atoms with E-state index in [1.807, 2.05) is 39.1 Å². The molecule has 2 heterocycles. The van der Waals surface area contributed by atoms with Crippen LogP contribution in [0.3, 0.4) is 0 Å². The fourth-order valence-electron chi connectivity index (χ4n) is 2.38. The molecule has 2 aliphatic heterocycles. The largest absolute Gasteiger partial charge is 0.465 e. The van der Waals surface area contributed by atoms with E-state index in [9.17, 15) is 9.59 Å². The second kappa shape index (κ2) is 4.64. The number of allylic oxidation sites excluding steroid dienone is 2.